The topological polar surface area (TPSA) is 60.2 Å². The minimum atomic E-state index is -0.681. The Morgan fingerprint density at radius 1 is 1.85 bits per heavy atom. The smallest absolute Gasteiger partial charge is 0.120 e. The summed E-state index contributed by atoms with van der Waals surface area (Å²) in [5, 5.41) is 17.0. The third-order valence-corrected chi connectivity index (χ3v) is 1.62. The number of aliphatic hydroxyl groups excluding tert-OH is 1. The van der Waals surface area contributed by atoms with E-state index < -0.39 is 6.10 Å². The van der Waals surface area contributed by atoms with Crippen LogP contribution in [0.25, 0.3) is 0 Å². The summed E-state index contributed by atoms with van der Waals surface area (Å²) in [6.07, 6.45) is 2.53. The van der Waals surface area contributed by atoms with Gasteiger partial charge in [0.15, 0.2) is 0 Å². The van der Waals surface area contributed by atoms with E-state index in [0.717, 1.165) is 0 Å². The van der Waals surface area contributed by atoms with Crippen molar-refractivity contribution in [1.29, 1.82) is 0 Å². The Bertz CT molecular complexity index is 272. The highest BCUT2D eigenvalue weighted by atomic mass is 16.5. The number of hydrogen-bond acceptors (Lipinski definition) is 4. The predicted octanol–water partition coefficient (Wildman–Crippen LogP) is 0.144. The van der Waals surface area contributed by atoms with E-state index in [4.69, 9.17) is 4.74 Å². The van der Waals surface area contributed by atoms with Gasteiger partial charge in [-0.2, -0.15) is 0 Å². The minimum Gasteiger partial charge on any atom is -0.384 e. The van der Waals surface area contributed by atoms with E-state index in [0.29, 0.717) is 12.2 Å². The van der Waals surface area contributed by atoms with Gasteiger partial charge in [0.25, 0.3) is 0 Å². The molecule has 0 aliphatic carbocycles. The van der Waals surface area contributed by atoms with Gasteiger partial charge in [0, 0.05) is 7.11 Å². The zero-order valence-electron chi connectivity index (χ0n) is 7.55. The highest BCUT2D eigenvalue weighted by Gasteiger charge is 2.12. The third-order valence-electron chi connectivity index (χ3n) is 1.62. The van der Waals surface area contributed by atoms with Crippen LogP contribution in [0.2, 0.25) is 0 Å². The molecule has 1 atom stereocenters. The van der Waals surface area contributed by atoms with Crippen LogP contribution in [0.1, 0.15) is 11.8 Å². The van der Waals surface area contributed by atoms with E-state index >= 15 is 0 Å². The van der Waals surface area contributed by atoms with Gasteiger partial charge in [0.2, 0.25) is 0 Å². The average molecular weight is 183 g/mol. The van der Waals surface area contributed by atoms with Gasteiger partial charge in [0.1, 0.15) is 6.10 Å². The second-order valence-electron chi connectivity index (χ2n) is 2.60. The van der Waals surface area contributed by atoms with Gasteiger partial charge in [-0.3, -0.25) is 0 Å². The molecule has 1 aromatic heterocycles. The summed E-state index contributed by atoms with van der Waals surface area (Å²) in [4.78, 5) is 0. The van der Waals surface area contributed by atoms with Crippen molar-refractivity contribution in [2.24, 2.45) is 0 Å². The summed E-state index contributed by atoms with van der Waals surface area (Å²) < 4.78 is 6.40. The molecule has 0 bridgehead atoms. The minimum absolute atomic E-state index is 0.241. The molecule has 5 nitrogen and oxygen atoms in total. The van der Waals surface area contributed by atoms with Crippen molar-refractivity contribution >= 4 is 0 Å². The molecule has 0 spiro atoms. The molecular formula is C8H13N3O2. The average Bonchev–Trinajstić information content (AvgIpc) is 2.54. The molecule has 0 aliphatic heterocycles. The van der Waals surface area contributed by atoms with Gasteiger partial charge in [-0.05, 0) is 0 Å². The second kappa shape index (κ2) is 4.74. The normalized spacial score (nSPS) is 12.8. The Kier molecular flexibility index (Phi) is 3.60. The summed E-state index contributed by atoms with van der Waals surface area (Å²) in [6, 6.07) is 0. The number of methoxy groups -OCH3 is 1. The highest BCUT2D eigenvalue weighted by Crippen LogP contribution is 2.10. The van der Waals surface area contributed by atoms with Crippen LogP contribution in [-0.2, 0) is 11.3 Å². The first kappa shape index (κ1) is 9.88. The van der Waals surface area contributed by atoms with Crippen LogP contribution in [0.15, 0.2) is 18.9 Å². The largest absolute Gasteiger partial charge is 0.384 e. The molecule has 0 radical (unpaired) electrons. The van der Waals surface area contributed by atoms with Crippen molar-refractivity contribution in [3.8, 4) is 0 Å². The van der Waals surface area contributed by atoms with Crippen LogP contribution in [0.4, 0.5) is 0 Å². The Balaban J connectivity index is 2.73. The maximum Gasteiger partial charge on any atom is 0.120 e. The fraction of sp³-hybridized carbons (Fsp3) is 0.500. The van der Waals surface area contributed by atoms with Gasteiger partial charge < -0.3 is 9.84 Å². The summed E-state index contributed by atoms with van der Waals surface area (Å²) in [7, 11) is 1.53. The lowest BCUT2D eigenvalue weighted by Crippen LogP contribution is -2.12. The lowest BCUT2D eigenvalue weighted by atomic mass is 10.3. The Morgan fingerprint density at radius 3 is 3.23 bits per heavy atom. The maximum atomic E-state index is 9.56. The molecule has 0 saturated carbocycles. The fourth-order valence-corrected chi connectivity index (χ4v) is 1.03. The lowest BCUT2D eigenvalue weighted by molar-refractivity contribution is 0.0589. The van der Waals surface area contributed by atoms with Crippen LogP contribution in [0.5, 0.6) is 0 Å². The number of aliphatic hydroxyl groups is 1. The lowest BCUT2D eigenvalue weighted by Gasteiger charge is -2.09. The van der Waals surface area contributed by atoms with Crippen LogP contribution < -0.4 is 0 Å². The van der Waals surface area contributed by atoms with Gasteiger partial charge in [0.05, 0.1) is 25.0 Å². The first-order valence-corrected chi connectivity index (χ1v) is 3.96. The molecule has 1 unspecified atom stereocenters. The molecule has 1 N–H and O–H groups in total. The number of allylic oxidation sites excluding steroid dienone is 1. The van der Waals surface area contributed by atoms with Gasteiger partial charge >= 0.3 is 0 Å². The molecule has 0 saturated heterocycles. The van der Waals surface area contributed by atoms with Crippen LogP contribution in [0, 0.1) is 0 Å². The standard InChI is InChI=1S/C8H13N3O2/c1-3-4-11-7(5-9-10-11)8(12)6-13-2/h3,5,8,12H,1,4,6H2,2H3. The number of nitrogens with zero attached hydrogens (tertiary/aromatic N) is 3. The van der Waals surface area contributed by atoms with E-state index in [1.165, 1.54) is 13.3 Å². The number of ether oxygens (including phenoxy) is 1. The Hall–Kier alpha value is -1.20. The summed E-state index contributed by atoms with van der Waals surface area (Å²) >= 11 is 0. The van der Waals surface area contributed by atoms with E-state index in [-0.39, 0.29) is 6.61 Å². The van der Waals surface area contributed by atoms with E-state index in [2.05, 4.69) is 16.9 Å². The van der Waals surface area contributed by atoms with Crippen molar-refractivity contribution in [3.63, 3.8) is 0 Å². The van der Waals surface area contributed by atoms with Crippen molar-refractivity contribution in [3.05, 3.63) is 24.5 Å². The van der Waals surface area contributed by atoms with E-state index in [9.17, 15) is 5.11 Å². The molecule has 1 aromatic rings. The van der Waals surface area contributed by atoms with Crippen LogP contribution >= 0.6 is 0 Å². The molecule has 72 valence electrons. The number of rotatable bonds is 5. The fourth-order valence-electron chi connectivity index (χ4n) is 1.03. The molecule has 0 aromatic carbocycles. The Morgan fingerprint density at radius 2 is 2.62 bits per heavy atom. The zero-order chi connectivity index (χ0) is 9.68. The molecule has 1 heterocycles. The van der Waals surface area contributed by atoms with Gasteiger partial charge in [-0.15, -0.1) is 11.7 Å². The van der Waals surface area contributed by atoms with Crippen molar-refractivity contribution in [1.82, 2.24) is 15.0 Å². The summed E-state index contributed by atoms with van der Waals surface area (Å²) in [6.45, 7) is 4.36. The second-order valence-corrected chi connectivity index (χ2v) is 2.60. The van der Waals surface area contributed by atoms with Crippen molar-refractivity contribution in [2.45, 2.75) is 12.6 Å². The SMILES string of the molecule is C=CCn1nncc1C(O)COC. The van der Waals surface area contributed by atoms with Gasteiger partial charge in [-0.1, -0.05) is 11.3 Å². The molecule has 0 fully saturated rings. The Labute approximate surface area is 76.6 Å². The quantitative estimate of drug-likeness (QED) is 0.660. The van der Waals surface area contributed by atoms with Crippen molar-refractivity contribution < 1.29 is 9.84 Å². The van der Waals surface area contributed by atoms with E-state index in [1.54, 1.807) is 10.8 Å². The molecule has 5 heteroatoms. The van der Waals surface area contributed by atoms with Crippen LogP contribution in [0.3, 0.4) is 0 Å². The molecule has 13 heavy (non-hydrogen) atoms. The zero-order valence-corrected chi connectivity index (χ0v) is 7.55. The van der Waals surface area contributed by atoms with Crippen molar-refractivity contribution in [2.75, 3.05) is 13.7 Å². The molecular weight excluding hydrogens is 170 g/mol. The first-order valence-electron chi connectivity index (χ1n) is 3.96. The third kappa shape index (κ3) is 2.37. The van der Waals surface area contributed by atoms with E-state index in [1.807, 2.05) is 0 Å². The molecule has 0 amide bonds. The summed E-state index contributed by atoms with van der Waals surface area (Å²) in [5.74, 6) is 0. The molecule has 0 aliphatic rings. The number of hydrogen-bond donors (Lipinski definition) is 1. The summed E-state index contributed by atoms with van der Waals surface area (Å²) in [5.41, 5.74) is 0.641. The maximum absolute atomic E-state index is 9.56. The predicted molar refractivity (Wildman–Crippen MR) is 47.1 cm³/mol. The van der Waals surface area contributed by atoms with Gasteiger partial charge in [-0.25, -0.2) is 4.68 Å². The number of aromatic nitrogens is 3. The van der Waals surface area contributed by atoms with Crippen LogP contribution in [-0.4, -0.2) is 33.8 Å². The first-order chi connectivity index (χ1) is 6.29. The molecule has 1 rings (SSSR count). The monoisotopic (exact) mass is 183 g/mol. The highest BCUT2D eigenvalue weighted by molar-refractivity contribution is 4.99.